The monoisotopic (exact) mass is 416 g/mol. The summed E-state index contributed by atoms with van der Waals surface area (Å²) in [4.78, 5) is 31.6. The van der Waals surface area contributed by atoms with Gasteiger partial charge in [0.15, 0.2) is 5.82 Å². The van der Waals surface area contributed by atoms with Crippen LogP contribution in [0.3, 0.4) is 0 Å². The summed E-state index contributed by atoms with van der Waals surface area (Å²) in [6.07, 6.45) is 4.54. The minimum Gasteiger partial charge on any atom is -0.457 e. The highest BCUT2D eigenvalue weighted by molar-refractivity contribution is 5.97. The molecule has 4 rings (SSSR count). The zero-order valence-corrected chi connectivity index (χ0v) is 16.1. The van der Waals surface area contributed by atoms with E-state index < -0.39 is 10.8 Å². The summed E-state index contributed by atoms with van der Waals surface area (Å²) in [6, 6.07) is 16.3. The number of hydrogen-bond acceptors (Lipinski definition) is 7. The molecule has 0 aliphatic rings. The molecule has 0 aliphatic carbocycles. The van der Waals surface area contributed by atoms with Crippen molar-refractivity contribution in [3.63, 3.8) is 0 Å². The number of nitro benzene ring substituents is 1. The fourth-order valence-electron chi connectivity index (χ4n) is 2.77. The summed E-state index contributed by atoms with van der Waals surface area (Å²) in [5, 5.41) is 17.9. The van der Waals surface area contributed by atoms with Crippen LogP contribution in [0.1, 0.15) is 15.9 Å². The van der Waals surface area contributed by atoms with Gasteiger partial charge in [0.2, 0.25) is 0 Å². The Labute approximate surface area is 176 Å². The Hall–Kier alpha value is -4.60. The third kappa shape index (κ3) is 4.70. The van der Waals surface area contributed by atoms with E-state index in [1.807, 2.05) is 6.07 Å². The van der Waals surface area contributed by atoms with E-state index in [0.717, 1.165) is 5.56 Å². The van der Waals surface area contributed by atoms with Crippen LogP contribution < -0.4 is 10.1 Å². The number of nitrogens with one attached hydrogen (secondary N) is 1. The summed E-state index contributed by atoms with van der Waals surface area (Å²) in [7, 11) is 0. The van der Waals surface area contributed by atoms with Gasteiger partial charge in [-0.25, -0.2) is 14.6 Å². The summed E-state index contributed by atoms with van der Waals surface area (Å²) in [5.74, 6) is 0.812. The van der Waals surface area contributed by atoms with E-state index in [0.29, 0.717) is 11.6 Å². The molecule has 0 spiro atoms. The third-order valence-corrected chi connectivity index (χ3v) is 4.31. The number of rotatable bonds is 7. The molecule has 0 unspecified atom stereocenters. The van der Waals surface area contributed by atoms with Crippen molar-refractivity contribution in [3.8, 4) is 17.3 Å². The highest BCUT2D eigenvalue weighted by atomic mass is 16.6. The molecule has 1 amide bonds. The maximum atomic E-state index is 12.8. The van der Waals surface area contributed by atoms with Gasteiger partial charge in [-0.2, -0.15) is 5.10 Å². The van der Waals surface area contributed by atoms with Gasteiger partial charge in [-0.1, -0.05) is 24.3 Å². The second-order valence-corrected chi connectivity index (χ2v) is 6.40. The van der Waals surface area contributed by atoms with Gasteiger partial charge in [0.05, 0.1) is 10.5 Å². The normalized spacial score (nSPS) is 10.5. The van der Waals surface area contributed by atoms with E-state index in [1.165, 1.54) is 35.5 Å². The lowest BCUT2D eigenvalue weighted by Crippen LogP contribution is -2.23. The average molecular weight is 416 g/mol. The summed E-state index contributed by atoms with van der Waals surface area (Å²) < 4.78 is 7.28. The van der Waals surface area contributed by atoms with Crippen molar-refractivity contribution < 1.29 is 14.5 Å². The second kappa shape index (κ2) is 8.82. The standard InChI is InChI=1S/C21H16N6O4/c28-21(24-12-15-6-9-20(23-11-15)26-14-22-13-25-26)18-10-16(27(29)30)7-8-19(18)31-17-4-2-1-3-5-17/h1-11,13-14H,12H2,(H,24,28). The molecule has 31 heavy (non-hydrogen) atoms. The predicted octanol–water partition coefficient (Wildman–Crippen LogP) is 3.29. The lowest BCUT2D eigenvalue weighted by atomic mass is 10.1. The molecule has 0 radical (unpaired) electrons. The number of non-ortho nitro benzene ring substituents is 1. The van der Waals surface area contributed by atoms with Crippen LogP contribution in [0, 0.1) is 10.1 Å². The van der Waals surface area contributed by atoms with Crippen LogP contribution in [0.2, 0.25) is 0 Å². The lowest BCUT2D eigenvalue weighted by Gasteiger charge is -2.12. The number of carbonyl (C=O) groups excluding carboxylic acids is 1. The van der Waals surface area contributed by atoms with Crippen molar-refractivity contribution >= 4 is 11.6 Å². The maximum Gasteiger partial charge on any atom is 0.270 e. The highest BCUT2D eigenvalue weighted by Gasteiger charge is 2.18. The Bertz CT molecular complexity index is 1190. The lowest BCUT2D eigenvalue weighted by molar-refractivity contribution is -0.384. The zero-order valence-electron chi connectivity index (χ0n) is 16.1. The SMILES string of the molecule is O=C(NCc1ccc(-n2cncn2)nc1)c1cc([N+](=O)[O-])ccc1Oc1ccccc1. The number of benzene rings is 2. The zero-order chi connectivity index (χ0) is 21.6. The number of nitrogens with zero attached hydrogens (tertiary/aromatic N) is 5. The van der Waals surface area contributed by atoms with E-state index in [2.05, 4.69) is 20.4 Å². The van der Waals surface area contributed by atoms with Gasteiger partial charge >= 0.3 is 0 Å². The fourth-order valence-corrected chi connectivity index (χ4v) is 2.77. The molecule has 1 N–H and O–H groups in total. The van der Waals surface area contributed by atoms with Gasteiger partial charge in [0.25, 0.3) is 11.6 Å². The minimum atomic E-state index is -0.560. The molecule has 2 aromatic heterocycles. The second-order valence-electron chi connectivity index (χ2n) is 6.40. The van der Waals surface area contributed by atoms with Gasteiger partial charge in [-0.15, -0.1) is 0 Å². The molecule has 154 valence electrons. The number of carbonyl (C=O) groups is 1. The van der Waals surface area contributed by atoms with Gasteiger partial charge in [-0.3, -0.25) is 14.9 Å². The first-order valence-electron chi connectivity index (χ1n) is 9.19. The number of pyridine rings is 1. The van der Waals surface area contributed by atoms with Gasteiger partial charge in [0, 0.05) is 24.9 Å². The molecule has 10 heteroatoms. The predicted molar refractivity (Wildman–Crippen MR) is 110 cm³/mol. The number of hydrogen-bond donors (Lipinski definition) is 1. The number of para-hydroxylation sites is 1. The van der Waals surface area contributed by atoms with E-state index in [4.69, 9.17) is 4.74 Å². The minimum absolute atomic E-state index is 0.0604. The molecular formula is C21H16N6O4. The van der Waals surface area contributed by atoms with Crippen LogP contribution in [-0.4, -0.2) is 30.6 Å². The van der Waals surface area contributed by atoms with Crippen LogP contribution in [-0.2, 0) is 6.54 Å². The molecule has 0 saturated heterocycles. The van der Waals surface area contributed by atoms with Crippen molar-refractivity contribution in [2.75, 3.05) is 0 Å². The summed E-state index contributed by atoms with van der Waals surface area (Å²) >= 11 is 0. The summed E-state index contributed by atoms with van der Waals surface area (Å²) in [5.41, 5.74) is 0.600. The first kappa shape index (κ1) is 19.7. The number of nitro groups is 1. The topological polar surface area (TPSA) is 125 Å². The summed E-state index contributed by atoms with van der Waals surface area (Å²) in [6.45, 7) is 0.178. The van der Waals surface area contributed by atoms with E-state index in [-0.39, 0.29) is 23.5 Å². The molecule has 4 aromatic rings. The van der Waals surface area contributed by atoms with Crippen LogP contribution in [0.15, 0.2) is 79.5 Å². The third-order valence-electron chi connectivity index (χ3n) is 4.31. The van der Waals surface area contributed by atoms with Crippen molar-refractivity contribution in [2.45, 2.75) is 6.54 Å². The molecule has 0 aliphatic heterocycles. The molecular weight excluding hydrogens is 400 g/mol. The smallest absolute Gasteiger partial charge is 0.270 e. The van der Waals surface area contributed by atoms with Crippen LogP contribution >= 0.6 is 0 Å². The van der Waals surface area contributed by atoms with Crippen molar-refractivity contribution in [3.05, 3.63) is 101 Å². The molecule has 0 atom stereocenters. The largest absolute Gasteiger partial charge is 0.457 e. The Morgan fingerprint density at radius 2 is 1.97 bits per heavy atom. The highest BCUT2D eigenvalue weighted by Crippen LogP contribution is 2.28. The Morgan fingerprint density at radius 3 is 2.65 bits per heavy atom. The maximum absolute atomic E-state index is 12.8. The van der Waals surface area contributed by atoms with Crippen LogP contribution in [0.4, 0.5) is 5.69 Å². The van der Waals surface area contributed by atoms with Gasteiger partial charge in [0.1, 0.15) is 24.2 Å². The van der Waals surface area contributed by atoms with Crippen molar-refractivity contribution in [1.82, 2.24) is 25.1 Å². The Balaban J connectivity index is 1.51. The van der Waals surface area contributed by atoms with E-state index >= 15 is 0 Å². The molecule has 0 bridgehead atoms. The van der Waals surface area contributed by atoms with Crippen molar-refractivity contribution in [2.24, 2.45) is 0 Å². The van der Waals surface area contributed by atoms with E-state index in [1.54, 1.807) is 42.6 Å². The number of aromatic nitrogens is 4. The molecule has 10 nitrogen and oxygen atoms in total. The Kier molecular flexibility index (Phi) is 5.61. The number of amides is 1. The molecule has 2 heterocycles. The first-order valence-corrected chi connectivity index (χ1v) is 9.19. The van der Waals surface area contributed by atoms with Gasteiger partial charge < -0.3 is 10.1 Å². The van der Waals surface area contributed by atoms with Crippen LogP contribution in [0.5, 0.6) is 11.5 Å². The molecule has 2 aromatic carbocycles. The van der Waals surface area contributed by atoms with Crippen molar-refractivity contribution in [1.29, 1.82) is 0 Å². The van der Waals surface area contributed by atoms with Gasteiger partial charge in [-0.05, 0) is 29.8 Å². The first-order chi connectivity index (χ1) is 15.1. The Morgan fingerprint density at radius 1 is 1.13 bits per heavy atom. The van der Waals surface area contributed by atoms with E-state index in [9.17, 15) is 14.9 Å². The average Bonchev–Trinajstić information content (AvgIpc) is 3.34. The fraction of sp³-hybridized carbons (Fsp3) is 0.0476. The molecule has 0 fully saturated rings. The molecule has 0 saturated carbocycles. The number of ether oxygens (including phenoxy) is 1. The van der Waals surface area contributed by atoms with Crippen LogP contribution in [0.25, 0.3) is 5.82 Å². The quantitative estimate of drug-likeness (QED) is 0.362.